The van der Waals surface area contributed by atoms with Gasteiger partial charge in [-0.3, -0.25) is 0 Å². The zero-order valence-corrected chi connectivity index (χ0v) is 17.3. The van der Waals surface area contributed by atoms with Crippen molar-refractivity contribution in [2.45, 2.75) is 65.8 Å². The molecule has 4 heteroatoms. The first-order valence-corrected chi connectivity index (χ1v) is 10.2. The number of nitrogens with zero attached hydrogens (tertiary/aromatic N) is 2. The zero-order valence-electron chi connectivity index (χ0n) is 17.3. The van der Waals surface area contributed by atoms with E-state index in [4.69, 9.17) is 0 Å². The van der Waals surface area contributed by atoms with Crippen LogP contribution in [0.1, 0.15) is 58.9 Å². The number of piperidine rings is 1. The summed E-state index contributed by atoms with van der Waals surface area (Å²) < 4.78 is 0. The first-order chi connectivity index (χ1) is 12.3. The molecule has 1 aliphatic rings. The number of carbonyl (C=O) groups excluding carboxylic acids is 1. The number of hydrogen-bond donors (Lipinski definition) is 1. The van der Waals surface area contributed by atoms with E-state index in [1.807, 2.05) is 24.1 Å². The highest BCUT2D eigenvalue weighted by atomic mass is 16.2. The minimum atomic E-state index is -0.000915. The zero-order chi connectivity index (χ0) is 19.2. The molecule has 1 saturated heterocycles. The molecule has 1 aromatic carbocycles. The quantitative estimate of drug-likeness (QED) is 0.743. The summed E-state index contributed by atoms with van der Waals surface area (Å²) >= 11 is 0. The van der Waals surface area contributed by atoms with E-state index in [9.17, 15) is 4.79 Å². The molecule has 26 heavy (non-hydrogen) atoms. The molecule has 0 radical (unpaired) electrons. The number of amides is 2. The number of carbonyl (C=O) groups is 1. The maximum absolute atomic E-state index is 12.6. The normalized spacial score (nSPS) is 16.5. The lowest BCUT2D eigenvalue weighted by Crippen LogP contribution is -2.46. The summed E-state index contributed by atoms with van der Waals surface area (Å²) in [5.41, 5.74) is 2.54. The Morgan fingerprint density at radius 1 is 1.19 bits per heavy atom. The van der Waals surface area contributed by atoms with Crippen LogP contribution < -0.4 is 5.32 Å². The average Bonchev–Trinajstić information content (AvgIpc) is 2.62. The SMILES string of the molecule is CCCC(C)(C)Cc1ccc(NC(=O)N(C)C2CCN(CC)CC2)cc1. The molecule has 2 rings (SSSR count). The summed E-state index contributed by atoms with van der Waals surface area (Å²) in [5, 5.41) is 3.05. The lowest BCUT2D eigenvalue weighted by Gasteiger charge is -2.36. The predicted molar refractivity (Wildman–Crippen MR) is 111 cm³/mol. The van der Waals surface area contributed by atoms with Gasteiger partial charge in [-0.15, -0.1) is 0 Å². The summed E-state index contributed by atoms with van der Waals surface area (Å²) in [6.07, 6.45) is 5.63. The van der Waals surface area contributed by atoms with Crippen LogP contribution in [-0.4, -0.2) is 48.6 Å². The molecule has 146 valence electrons. The monoisotopic (exact) mass is 359 g/mol. The van der Waals surface area contributed by atoms with Crippen LogP contribution in [0, 0.1) is 5.41 Å². The van der Waals surface area contributed by atoms with E-state index in [0.717, 1.165) is 44.6 Å². The fourth-order valence-corrected chi connectivity index (χ4v) is 4.02. The molecule has 4 nitrogen and oxygen atoms in total. The van der Waals surface area contributed by atoms with Gasteiger partial charge in [0.2, 0.25) is 0 Å². The van der Waals surface area contributed by atoms with Crippen LogP contribution in [0.2, 0.25) is 0 Å². The molecule has 0 saturated carbocycles. The third kappa shape index (κ3) is 6.01. The second kappa shape index (κ2) is 9.40. The van der Waals surface area contributed by atoms with Crippen molar-refractivity contribution < 1.29 is 4.79 Å². The Labute approximate surface area is 159 Å². The van der Waals surface area contributed by atoms with E-state index in [1.54, 1.807) is 0 Å². The third-order valence-corrected chi connectivity index (χ3v) is 5.69. The van der Waals surface area contributed by atoms with Gasteiger partial charge in [0.15, 0.2) is 0 Å². The number of anilines is 1. The van der Waals surface area contributed by atoms with Gasteiger partial charge in [0.05, 0.1) is 0 Å². The van der Waals surface area contributed by atoms with Crippen molar-refractivity contribution in [2.75, 3.05) is 32.0 Å². The van der Waals surface area contributed by atoms with E-state index < -0.39 is 0 Å². The van der Waals surface area contributed by atoms with Gasteiger partial charge in [-0.2, -0.15) is 0 Å². The molecule has 0 bridgehead atoms. The van der Waals surface area contributed by atoms with E-state index in [2.05, 4.69) is 50.0 Å². The van der Waals surface area contributed by atoms with Crippen molar-refractivity contribution in [1.82, 2.24) is 9.80 Å². The molecule has 0 atom stereocenters. The second-order valence-corrected chi connectivity index (χ2v) is 8.49. The molecule has 0 aliphatic carbocycles. The molecule has 1 aliphatic heterocycles. The highest BCUT2D eigenvalue weighted by Crippen LogP contribution is 2.28. The Kier molecular flexibility index (Phi) is 7.51. The number of hydrogen-bond acceptors (Lipinski definition) is 2. The molecule has 0 unspecified atom stereocenters. The van der Waals surface area contributed by atoms with Gasteiger partial charge in [0.25, 0.3) is 0 Å². The molecular formula is C22H37N3O. The fourth-order valence-electron chi connectivity index (χ4n) is 4.02. The molecule has 0 spiro atoms. The molecule has 2 amide bonds. The van der Waals surface area contributed by atoms with Crippen LogP contribution in [-0.2, 0) is 6.42 Å². The van der Waals surface area contributed by atoms with E-state index in [-0.39, 0.29) is 6.03 Å². The third-order valence-electron chi connectivity index (χ3n) is 5.69. The Hall–Kier alpha value is -1.55. The van der Waals surface area contributed by atoms with Gasteiger partial charge in [0.1, 0.15) is 0 Å². The van der Waals surface area contributed by atoms with Crippen LogP contribution in [0.15, 0.2) is 24.3 Å². The van der Waals surface area contributed by atoms with Gasteiger partial charge in [-0.05, 0) is 55.3 Å². The molecular weight excluding hydrogens is 322 g/mol. The fraction of sp³-hybridized carbons (Fsp3) is 0.682. The van der Waals surface area contributed by atoms with Gasteiger partial charge in [-0.25, -0.2) is 4.79 Å². The van der Waals surface area contributed by atoms with Crippen molar-refractivity contribution >= 4 is 11.7 Å². The maximum Gasteiger partial charge on any atom is 0.321 e. The van der Waals surface area contributed by atoms with Gasteiger partial charge in [-0.1, -0.05) is 46.2 Å². The molecule has 1 fully saturated rings. The van der Waals surface area contributed by atoms with Crippen LogP contribution in [0.5, 0.6) is 0 Å². The number of likely N-dealkylation sites (tertiary alicyclic amines) is 1. The Balaban J connectivity index is 1.87. The van der Waals surface area contributed by atoms with Crippen LogP contribution in [0.3, 0.4) is 0 Å². The van der Waals surface area contributed by atoms with Gasteiger partial charge >= 0.3 is 6.03 Å². The Morgan fingerprint density at radius 3 is 2.35 bits per heavy atom. The number of benzene rings is 1. The maximum atomic E-state index is 12.6. The van der Waals surface area contributed by atoms with Crippen molar-refractivity contribution in [3.05, 3.63) is 29.8 Å². The van der Waals surface area contributed by atoms with Crippen molar-refractivity contribution in [1.29, 1.82) is 0 Å². The van der Waals surface area contributed by atoms with Crippen LogP contribution >= 0.6 is 0 Å². The lowest BCUT2D eigenvalue weighted by molar-refractivity contribution is 0.145. The summed E-state index contributed by atoms with van der Waals surface area (Å²) in [6, 6.07) is 8.69. The summed E-state index contributed by atoms with van der Waals surface area (Å²) in [4.78, 5) is 16.9. The largest absolute Gasteiger partial charge is 0.325 e. The Bertz CT molecular complexity index is 559. The minimum absolute atomic E-state index is 0.000915. The molecule has 1 N–H and O–H groups in total. The van der Waals surface area contributed by atoms with Crippen molar-refractivity contribution in [3.63, 3.8) is 0 Å². The van der Waals surface area contributed by atoms with Crippen LogP contribution in [0.4, 0.5) is 10.5 Å². The summed E-state index contributed by atoms with van der Waals surface area (Å²) in [5.74, 6) is 0. The van der Waals surface area contributed by atoms with Gasteiger partial charge in [0, 0.05) is 31.9 Å². The number of urea groups is 1. The highest BCUT2D eigenvalue weighted by molar-refractivity contribution is 5.89. The highest BCUT2D eigenvalue weighted by Gasteiger charge is 2.24. The Morgan fingerprint density at radius 2 is 1.81 bits per heavy atom. The lowest BCUT2D eigenvalue weighted by atomic mass is 9.82. The summed E-state index contributed by atoms with van der Waals surface area (Å²) in [7, 11) is 1.92. The van der Waals surface area contributed by atoms with Gasteiger partial charge < -0.3 is 15.1 Å². The van der Waals surface area contributed by atoms with E-state index in [0.29, 0.717) is 11.5 Å². The van der Waals surface area contributed by atoms with Crippen molar-refractivity contribution in [3.8, 4) is 0 Å². The number of rotatable bonds is 7. The second-order valence-electron chi connectivity index (χ2n) is 8.49. The summed E-state index contributed by atoms with van der Waals surface area (Å²) in [6.45, 7) is 12.4. The van der Waals surface area contributed by atoms with Crippen molar-refractivity contribution in [2.24, 2.45) is 5.41 Å². The van der Waals surface area contributed by atoms with Crippen LogP contribution in [0.25, 0.3) is 0 Å². The van der Waals surface area contributed by atoms with E-state index in [1.165, 1.54) is 18.4 Å². The average molecular weight is 360 g/mol. The molecule has 1 aromatic rings. The predicted octanol–water partition coefficient (Wildman–Crippen LogP) is 5.00. The first-order valence-electron chi connectivity index (χ1n) is 10.2. The first kappa shape index (κ1) is 20.8. The minimum Gasteiger partial charge on any atom is -0.325 e. The smallest absolute Gasteiger partial charge is 0.321 e. The topological polar surface area (TPSA) is 35.6 Å². The molecule has 1 heterocycles. The number of nitrogens with one attached hydrogen (secondary N) is 1. The van der Waals surface area contributed by atoms with E-state index >= 15 is 0 Å². The standard InChI is InChI=1S/C22H37N3O/c1-6-14-22(3,4)17-18-8-10-19(11-9-18)23-21(26)24(5)20-12-15-25(7-2)16-13-20/h8-11,20H,6-7,12-17H2,1-5H3,(H,23,26). The molecule has 0 aromatic heterocycles.